The number of aryl methyl sites for hydroxylation is 1. The van der Waals surface area contributed by atoms with Gasteiger partial charge in [-0.2, -0.15) is 26.3 Å². The number of carbonyl (C=O) groups is 4. The van der Waals surface area contributed by atoms with Gasteiger partial charge in [0.1, 0.15) is 29.8 Å². The third-order valence-electron chi connectivity index (χ3n) is 8.24. The Morgan fingerprint density at radius 3 is 2.20 bits per heavy atom. The van der Waals surface area contributed by atoms with Crippen LogP contribution in [-0.2, 0) is 27.2 Å². The van der Waals surface area contributed by atoms with Gasteiger partial charge in [-0.15, -0.1) is 0 Å². The van der Waals surface area contributed by atoms with Gasteiger partial charge in [0, 0.05) is 48.9 Å². The first-order valence-electron chi connectivity index (χ1n) is 16.0. The summed E-state index contributed by atoms with van der Waals surface area (Å²) in [7, 11) is 0. The highest BCUT2D eigenvalue weighted by atomic mass is 19.4. The molecular formula is C33H35F6N7O5. The van der Waals surface area contributed by atoms with Crippen LogP contribution in [0.15, 0.2) is 48.8 Å². The summed E-state index contributed by atoms with van der Waals surface area (Å²) in [5.41, 5.74) is 3.81. The van der Waals surface area contributed by atoms with Crippen molar-refractivity contribution < 1.29 is 50.6 Å². The lowest BCUT2D eigenvalue weighted by atomic mass is 9.92. The molecular weight excluding hydrogens is 688 g/mol. The number of hydrogen-bond acceptors (Lipinski definition) is 10. The van der Waals surface area contributed by atoms with E-state index in [0.717, 1.165) is 68.2 Å². The molecule has 3 aromatic rings. The number of Topliss-reactive ketones (excluding diaryl/α,β-unsaturated/α-hetero) is 2. The first kappa shape index (κ1) is 38.5. The molecule has 5 rings (SSSR count). The van der Waals surface area contributed by atoms with E-state index in [1.807, 2.05) is 6.92 Å². The number of amides is 1. The van der Waals surface area contributed by atoms with Crippen molar-refractivity contribution in [1.29, 1.82) is 0 Å². The van der Waals surface area contributed by atoms with Crippen LogP contribution in [0.5, 0.6) is 0 Å². The molecule has 0 unspecified atom stereocenters. The molecule has 274 valence electrons. The Labute approximate surface area is 288 Å². The molecule has 0 saturated carbocycles. The lowest BCUT2D eigenvalue weighted by Crippen LogP contribution is -2.45. The van der Waals surface area contributed by atoms with Crippen molar-refractivity contribution in [3.63, 3.8) is 0 Å². The predicted molar refractivity (Wildman–Crippen MR) is 173 cm³/mol. The molecule has 2 aromatic heterocycles. The lowest BCUT2D eigenvalue weighted by molar-refractivity contribution is -0.193. The number of hydrogen-bond donors (Lipinski definition) is 4. The Morgan fingerprint density at radius 2 is 1.61 bits per heavy atom. The number of pyridine rings is 1. The summed E-state index contributed by atoms with van der Waals surface area (Å²) in [5, 5.41) is 18.9. The van der Waals surface area contributed by atoms with Crippen LogP contribution in [0.4, 0.5) is 43.8 Å². The summed E-state index contributed by atoms with van der Waals surface area (Å²) >= 11 is 0. The van der Waals surface area contributed by atoms with Crippen LogP contribution in [-0.4, -0.2) is 88.1 Å². The smallest absolute Gasteiger partial charge is 0.458 e. The number of nitrogens with zero attached hydrogens (tertiary/aromatic N) is 4. The molecule has 0 bridgehead atoms. The third kappa shape index (κ3) is 10.1. The van der Waals surface area contributed by atoms with E-state index in [9.17, 15) is 50.6 Å². The number of ketones is 2. The van der Waals surface area contributed by atoms with Crippen molar-refractivity contribution >= 4 is 40.9 Å². The minimum atomic E-state index is -5.77. The average molecular weight is 724 g/mol. The van der Waals surface area contributed by atoms with Crippen LogP contribution in [0.1, 0.15) is 59.3 Å². The quantitative estimate of drug-likeness (QED) is 0.169. The summed E-state index contributed by atoms with van der Waals surface area (Å²) in [6.45, 7) is 4.72. The summed E-state index contributed by atoms with van der Waals surface area (Å²) in [5.74, 6) is -5.46. The summed E-state index contributed by atoms with van der Waals surface area (Å²) < 4.78 is 67.0. The van der Waals surface area contributed by atoms with E-state index >= 15 is 0 Å². The minimum Gasteiger partial charge on any atom is -0.480 e. The molecule has 0 radical (unpaired) electrons. The van der Waals surface area contributed by atoms with Gasteiger partial charge in [-0.25, -0.2) is 19.7 Å². The first-order valence-corrected chi connectivity index (χ1v) is 16.0. The Balaban J connectivity index is 0.000000417. The molecule has 4 N–H and O–H groups in total. The Bertz CT molecular complexity index is 1690. The molecule has 0 aliphatic carbocycles. The van der Waals surface area contributed by atoms with Crippen LogP contribution in [0.2, 0.25) is 0 Å². The first-order chi connectivity index (χ1) is 24.1. The minimum absolute atomic E-state index is 0.00251. The highest BCUT2D eigenvalue weighted by Gasteiger charge is 2.54. The lowest BCUT2D eigenvalue weighted by Gasteiger charge is -2.34. The monoisotopic (exact) mass is 723 g/mol. The largest absolute Gasteiger partial charge is 0.480 e. The summed E-state index contributed by atoms with van der Waals surface area (Å²) in [6.07, 6.45) is -5.14. The predicted octanol–water partition coefficient (Wildman–Crippen LogP) is 4.72. The molecule has 12 nitrogen and oxygen atoms in total. The summed E-state index contributed by atoms with van der Waals surface area (Å²) in [6, 6.07) is 11.9. The van der Waals surface area contributed by atoms with E-state index < -0.39 is 41.8 Å². The number of aromatic nitrogens is 3. The number of benzene rings is 1. The fourth-order valence-corrected chi connectivity index (χ4v) is 5.60. The van der Waals surface area contributed by atoms with Crippen LogP contribution in [0, 0.1) is 0 Å². The van der Waals surface area contributed by atoms with E-state index in [-0.39, 0.29) is 6.54 Å². The van der Waals surface area contributed by atoms with Gasteiger partial charge in [0.2, 0.25) is 0 Å². The van der Waals surface area contributed by atoms with Crippen LogP contribution in [0.25, 0.3) is 0 Å². The van der Waals surface area contributed by atoms with Crippen LogP contribution >= 0.6 is 0 Å². The van der Waals surface area contributed by atoms with Gasteiger partial charge in [-0.1, -0.05) is 31.2 Å². The highest BCUT2D eigenvalue weighted by molar-refractivity contribution is 6.41. The van der Waals surface area contributed by atoms with Gasteiger partial charge in [-0.05, 0) is 55.9 Å². The second-order valence-corrected chi connectivity index (χ2v) is 11.7. The molecule has 1 amide bonds. The number of aliphatic carboxylic acids is 1. The maximum atomic E-state index is 12.5. The number of anilines is 3. The number of alkyl halides is 6. The van der Waals surface area contributed by atoms with Crippen molar-refractivity contribution in [3.05, 3.63) is 71.2 Å². The molecule has 1 saturated heterocycles. The number of piperidine rings is 1. The van der Waals surface area contributed by atoms with Crippen molar-refractivity contribution in [2.75, 3.05) is 41.7 Å². The van der Waals surface area contributed by atoms with Crippen molar-refractivity contribution in [2.45, 2.75) is 63.3 Å². The van der Waals surface area contributed by atoms with E-state index in [1.54, 1.807) is 30.3 Å². The molecule has 4 heterocycles. The number of fused-ring (bicyclic) bond motifs is 1. The van der Waals surface area contributed by atoms with Gasteiger partial charge in [0.25, 0.3) is 5.91 Å². The average Bonchev–Trinajstić information content (AvgIpc) is 3.12. The fourth-order valence-electron chi connectivity index (χ4n) is 5.60. The summed E-state index contributed by atoms with van der Waals surface area (Å²) in [4.78, 5) is 59.8. The van der Waals surface area contributed by atoms with E-state index in [1.165, 1.54) is 11.9 Å². The van der Waals surface area contributed by atoms with Gasteiger partial charge in [0.15, 0.2) is 0 Å². The SMILES string of the molecule is CCc1c(NC[C@H](NC(=O)c2ccccc2)C(=O)O)ncnc1N1CCC(c2ccc3c(n2)NCCC3)CC1.O=C(C(=O)C(F)(F)F)C(F)(F)F. The maximum absolute atomic E-state index is 12.5. The fraction of sp³-hybridized carbons (Fsp3) is 0.424. The second-order valence-electron chi connectivity index (χ2n) is 11.7. The third-order valence-corrected chi connectivity index (χ3v) is 8.24. The van der Waals surface area contributed by atoms with Gasteiger partial charge in [-0.3, -0.25) is 14.4 Å². The Hall–Kier alpha value is -5.29. The highest BCUT2D eigenvalue weighted by Crippen LogP contribution is 2.33. The zero-order valence-electron chi connectivity index (χ0n) is 27.3. The Kier molecular flexibility index (Phi) is 12.5. The van der Waals surface area contributed by atoms with Crippen LogP contribution < -0.4 is 20.9 Å². The van der Waals surface area contributed by atoms with Crippen molar-refractivity contribution in [3.8, 4) is 0 Å². The standard InChI is InChI=1S/C29H35N7O3.C4F6O2/c1-2-22-26(31-17-24(29(38)39)35-28(37)21-7-4-3-5-8-21)32-18-33-27(22)36-15-12-19(13-16-36)23-11-10-20-9-6-14-30-25(20)34-23;5-3(6,7)1(11)2(12)4(8,9)10/h3-5,7-8,10-11,18-19,24H,2,6,9,12-17H2,1H3,(H,30,34)(H,35,37)(H,38,39)(H,31,32,33);/t24-;/m0./s1. The molecule has 2 aliphatic rings. The number of nitrogens with one attached hydrogen (secondary N) is 3. The van der Waals surface area contributed by atoms with E-state index in [0.29, 0.717) is 23.7 Å². The number of carboxylic acid groups (broad SMARTS) is 1. The molecule has 1 aromatic carbocycles. The zero-order valence-corrected chi connectivity index (χ0v) is 27.3. The van der Waals surface area contributed by atoms with Crippen molar-refractivity contribution in [2.24, 2.45) is 0 Å². The van der Waals surface area contributed by atoms with Gasteiger partial charge >= 0.3 is 29.9 Å². The molecule has 18 heteroatoms. The van der Waals surface area contributed by atoms with Crippen molar-refractivity contribution in [1.82, 2.24) is 20.3 Å². The van der Waals surface area contributed by atoms with Gasteiger partial charge in [0.05, 0.1) is 0 Å². The zero-order chi connectivity index (χ0) is 37.3. The number of rotatable bonds is 10. The topological polar surface area (TPSA) is 167 Å². The molecule has 0 spiro atoms. The number of halogens is 6. The number of carboxylic acids is 1. The molecule has 51 heavy (non-hydrogen) atoms. The van der Waals surface area contributed by atoms with Gasteiger partial charge < -0.3 is 26.0 Å². The molecule has 1 atom stereocenters. The molecule has 2 aliphatic heterocycles. The Morgan fingerprint density at radius 1 is 0.961 bits per heavy atom. The number of carbonyl (C=O) groups excluding carboxylic acids is 3. The van der Waals surface area contributed by atoms with E-state index in [4.69, 9.17) is 4.98 Å². The normalized spacial score (nSPS) is 15.3. The molecule has 1 fully saturated rings. The van der Waals surface area contributed by atoms with E-state index in [2.05, 4.69) is 43.0 Å². The second kappa shape index (κ2) is 16.6. The van der Waals surface area contributed by atoms with Crippen LogP contribution in [0.3, 0.4) is 0 Å². The maximum Gasteiger partial charge on any atom is 0.458 e.